The second kappa shape index (κ2) is 9.44. The van der Waals surface area contributed by atoms with Gasteiger partial charge in [-0.15, -0.1) is 0 Å². The van der Waals surface area contributed by atoms with Crippen molar-refractivity contribution < 1.29 is 35.1 Å². The minimum Gasteiger partial charge on any atom is -0.391 e. The van der Waals surface area contributed by atoms with E-state index in [1.807, 2.05) is 0 Å². The second-order valence-electron chi connectivity index (χ2n) is 9.02. The lowest BCUT2D eigenvalue weighted by Gasteiger charge is -2.37. The van der Waals surface area contributed by atoms with E-state index in [2.05, 4.69) is 11.7 Å². The summed E-state index contributed by atoms with van der Waals surface area (Å²) < 4.78 is 94.7. The molecule has 2 aromatic carbocycles. The third kappa shape index (κ3) is 4.87. The normalized spacial score (nSPS) is 15.4. The van der Waals surface area contributed by atoms with E-state index in [0.717, 1.165) is 12.1 Å². The third-order valence-corrected chi connectivity index (χ3v) is 9.55. The van der Waals surface area contributed by atoms with Crippen LogP contribution in [0.1, 0.15) is 38.3 Å². The number of nitrogens with zero attached hydrogens (tertiary/aromatic N) is 3. The highest BCUT2D eigenvalue weighted by Crippen LogP contribution is 2.41. The van der Waals surface area contributed by atoms with Crippen LogP contribution in [0.3, 0.4) is 0 Å². The van der Waals surface area contributed by atoms with Crippen LogP contribution in [0.5, 0.6) is 0 Å². The van der Waals surface area contributed by atoms with Gasteiger partial charge in [0, 0.05) is 17.0 Å². The molecule has 2 unspecified atom stereocenters. The smallest absolute Gasteiger partial charge is 0.294 e. The minimum absolute atomic E-state index is 0.00797. The average Bonchev–Trinajstić information content (AvgIpc) is 3.17. The SMILES string of the molecule is C=C(C)C(F)(F)c1ccc(C(CC)(C(C)O)n2ncc3c(N(S(C)(=O)=O)S(C)(=O)=O)cc(F)cc32)cc1. The maximum atomic E-state index is 14.8. The maximum absolute atomic E-state index is 14.8. The van der Waals surface area contributed by atoms with Gasteiger partial charge >= 0.3 is 0 Å². The molecule has 0 aliphatic carbocycles. The van der Waals surface area contributed by atoms with Crippen molar-refractivity contribution in [2.24, 2.45) is 0 Å². The number of anilines is 1. The van der Waals surface area contributed by atoms with Gasteiger partial charge in [0.15, 0.2) is 0 Å². The summed E-state index contributed by atoms with van der Waals surface area (Å²) in [6.07, 6.45) is 1.48. The molecule has 0 bridgehead atoms. The van der Waals surface area contributed by atoms with Gasteiger partial charge < -0.3 is 5.11 Å². The van der Waals surface area contributed by atoms with Crippen molar-refractivity contribution >= 4 is 36.6 Å². The van der Waals surface area contributed by atoms with E-state index in [1.54, 1.807) is 6.92 Å². The van der Waals surface area contributed by atoms with Crippen LogP contribution in [-0.2, 0) is 31.5 Å². The van der Waals surface area contributed by atoms with E-state index >= 15 is 0 Å². The molecule has 37 heavy (non-hydrogen) atoms. The fourth-order valence-corrected chi connectivity index (χ4v) is 7.54. The Hall–Kier alpha value is -2.90. The fourth-order valence-electron chi connectivity index (χ4n) is 4.55. The van der Waals surface area contributed by atoms with Gasteiger partial charge in [0.1, 0.15) is 11.4 Å². The number of benzene rings is 2. The van der Waals surface area contributed by atoms with Crippen molar-refractivity contribution in [2.75, 3.05) is 16.2 Å². The fraction of sp³-hybridized carbons (Fsp3) is 0.375. The Bertz CT molecular complexity index is 1530. The lowest BCUT2D eigenvalue weighted by Crippen LogP contribution is -2.45. The zero-order valence-corrected chi connectivity index (χ0v) is 22.5. The molecular weight excluding hydrogens is 531 g/mol. The summed E-state index contributed by atoms with van der Waals surface area (Å²) in [7, 11) is -8.79. The molecule has 1 N–H and O–H groups in total. The van der Waals surface area contributed by atoms with Crippen molar-refractivity contribution in [1.29, 1.82) is 0 Å². The summed E-state index contributed by atoms with van der Waals surface area (Å²) in [5.74, 6) is -4.23. The molecule has 0 radical (unpaired) electrons. The van der Waals surface area contributed by atoms with Gasteiger partial charge in [-0.05, 0) is 37.5 Å². The molecule has 0 aliphatic heterocycles. The van der Waals surface area contributed by atoms with Crippen LogP contribution >= 0.6 is 0 Å². The molecule has 1 aromatic heterocycles. The summed E-state index contributed by atoms with van der Waals surface area (Å²) in [5, 5.41) is 15.2. The standard InChI is InChI=1S/C24H28F3N3O5S2/c1-7-23(16(4)31,17-8-10-18(11-9-17)24(26,27)15(2)3)29-21-12-19(25)13-22(20(21)14-28-29)30(36(5,32)33)37(6,34)35/h8-14,16,31H,2,7H2,1,3-6H3. The summed E-state index contributed by atoms with van der Waals surface area (Å²) in [4.78, 5) is 0. The Kier molecular flexibility index (Phi) is 7.32. The first-order valence-electron chi connectivity index (χ1n) is 11.1. The minimum atomic E-state index is -4.40. The highest BCUT2D eigenvalue weighted by atomic mass is 32.3. The molecule has 0 spiro atoms. The van der Waals surface area contributed by atoms with Crippen molar-refractivity contribution in [1.82, 2.24) is 9.78 Å². The van der Waals surface area contributed by atoms with Gasteiger partial charge in [0.05, 0.1) is 36.0 Å². The molecule has 1 heterocycles. The van der Waals surface area contributed by atoms with Crippen LogP contribution in [-0.4, -0.2) is 50.3 Å². The first kappa shape index (κ1) is 28.7. The molecular formula is C24H28F3N3O5S2. The number of sulfonamides is 2. The number of halogens is 3. The van der Waals surface area contributed by atoms with Gasteiger partial charge in [0.2, 0.25) is 20.0 Å². The number of fused-ring (bicyclic) bond motifs is 1. The van der Waals surface area contributed by atoms with E-state index in [-0.39, 0.29) is 32.2 Å². The summed E-state index contributed by atoms with van der Waals surface area (Å²) in [6, 6.07) is 6.99. The monoisotopic (exact) mass is 559 g/mol. The summed E-state index contributed by atoms with van der Waals surface area (Å²) in [6.45, 7) is 7.69. The highest BCUT2D eigenvalue weighted by Gasteiger charge is 2.41. The number of aromatic nitrogens is 2. The Labute approximate surface area is 214 Å². The van der Waals surface area contributed by atoms with Gasteiger partial charge in [0.25, 0.3) is 5.92 Å². The molecule has 3 aromatic rings. The molecule has 8 nitrogen and oxygen atoms in total. The topological polar surface area (TPSA) is 110 Å². The quantitative estimate of drug-likeness (QED) is 0.396. The largest absolute Gasteiger partial charge is 0.391 e. The van der Waals surface area contributed by atoms with Gasteiger partial charge in [-0.25, -0.2) is 21.2 Å². The van der Waals surface area contributed by atoms with Gasteiger partial charge in [-0.2, -0.15) is 17.6 Å². The summed E-state index contributed by atoms with van der Waals surface area (Å²) in [5.41, 5.74) is -2.19. The zero-order chi connectivity index (χ0) is 28.1. The summed E-state index contributed by atoms with van der Waals surface area (Å²) >= 11 is 0. The molecule has 13 heteroatoms. The number of aliphatic hydroxyl groups is 1. The highest BCUT2D eigenvalue weighted by molar-refractivity contribution is 8.09. The van der Waals surface area contributed by atoms with Crippen LogP contribution in [0.2, 0.25) is 0 Å². The number of rotatable bonds is 9. The van der Waals surface area contributed by atoms with Crippen molar-refractivity contribution in [3.63, 3.8) is 0 Å². The van der Waals surface area contributed by atoms with Gasteiger partial charge in [-0.1, -0.05) is 37.8 Å². The molecule has 0 aliphatic rings. The molecule has 0 saturated heterocycles. The number of hydrogen-bond donors (Lipinski definition) is 1. The number of allylic oxidation sites excluding steroid dienone is 1. The average molecular weight is 560 g/mol. The van der Waals surface area contributed by atoms with E-state index in [4.69, 9.17) is 0 Å². The maximum Gasteiger partial charge on any atom is 0.294 e. The number of hydrogen-bond acceptors (Lipinski definition) is 6. The lowest BCUT2D eigenvalue weighted by molar-refractivity contribution is 0.0383. The van der Waals surface area contributed by atoms with Crippen molar-refractivity contribution in [3.05, 3.63) is 71.7 Å². The van der Waals surface area contributed by atoms with Crippen molar-refractivity contribution in [2.45, 2.75) is 44.8 Å². The molecule has 0 fully saturated rings. The number of aliphatic hydroxyl groups excluding tert-OH is 1. The van der Waals surface area contributed by atoms with E-state index in [1.165, 1.54) is 49.0 Å². The number of alkyl halides is 2. The molecule has 3 rings (SSSR count). The van der Waals surface area contributed by atoms with E-state index in [9.17, 15) is 35.1 Å². The lowest BCUT2D eigenvalue weighted by atomic mass is 9.81. The van der Waals surface area contributed by atoms with Crippen LogP contribution in [0.4, 0.5) is 18.9 Å². The first-order valence-corrected chi connectivity index (χ1v) is 14.8. The molecule has 202 valence electrons. The first-order chi connectivity index (χ1) is 16.9. The van der Waals surface area contributed by atoms with Gasteiger partial charge in [-0.3, -0.25) is 4.68 Å². The predicted octanol–water partition coefficient (Wildman–Crippen LogP) is 4.10. The third-order valence-electron chi connectivity index (χ3n) is 6.32. The Morgan fingerprint density at radius 3 is 2.05 bits per heavy atom. The van der Waals surface area contributed by atoms with E-state index < -0.39 is 49.1 Å². The van der Waals surface area contributed by atoms with Crippen LogP contribution < -0.4 is 3.71 Å². The van der Waals surface area contributed by atoms with Crippen LogP contribution in [0.15, 0.2) is 54.7 Å². The Morgan fingerprint density at radius 1 is 1.11 bits per heavy atom. The molecule has 0 amide bonds. The van der Waals surface area contributed by atoms with Crippen LogP contribution in [0, 0.1) is 5.82 Å². The molecule has 0 saturated carbocycles. The van der Waals surface area contributed by atoms with Crippen LogP contribution in [0.25, 0.3) is 10.9 Å². The zero-order valence-electron chi connectivity index (χ0n) is 20.9. The predicted molar refractivity (Wildman–Crippen MR) is 136 cm³/mol. The Balaban J connectivity index is 2.35. The molecule has 2 atom stereocenters. The Morgan fingerprint density at radius 2 is 1.62 bits per heavy atom. The van der Waals surface area contributed by atoms with E-state index in [0.29, 0.717) is 18.1 Å². The van der Waals surface area contributed by atoms with Crippen molar-refractivity contribution in [3.8, 4) is 0 Å². The second-order valence-corrected chi connectivity index (χ2v) is 12.9.